The summed E-state index contributed by atoms with van der Waals surface area (Å²) >= 11 is 5.49. The van der Waals surface area contributed by atoms with E-state index in [4.69, 9.17) is 16.7 Å². The smallest absolute Gasteiger partial charge is 0.337 e. The second-order valence-electron chi connectivity index (χ2n) is 2.23. The van der Waals surface area contributed by atoms with Crippen molar-refractivity contribution in [1.29, 1.82) is 0 Å². The Balaban J connectivity index is 0.00000169. The van der Waals surface area contributed by atoms with Crippen molar-refractivity contribution in [1.82, 2.24) is 0 Å². The van der Waals surface area contributed by atoms with Gasteiger partial charge in [0.05, 0.1) is 15.5 Å². The molecule has 7 heteroatoms. The van der Waals surface area contributed by atoms with E-state index >= 15 is 0 Å². The summed E-state index contributed by atoms with van der Waals surface area (Å²) in [5.74, 6) is -1.28. The van der Waals surface area contributed by atoms with Gasteiger partial charge in [0.1, 0.15) is 0 Å². The first-order valence-corrected chi connectivity index (χ1v) is 3.57. The minimum atomic E-state index is -1.28. The predicted molar refractivity (Wildman–Crippen MR) is 50.8 cm³/mol. The first kappa shape index (κ1) is 14.0. The van der Waals surface area contributed by atoms with Crippen molar-refractivity contribution in [2.45, 2.75) is 0 Å². The molecule has 0 unspecified atom stereocenters. The second-order valence-corrected chi connectivity index (χ2v) is 2.63. The van der Waals surface area contributed by atoms with E-state index in [0.717, 1.165) is 12.1 Å². The van der Waals surface area contributed by atoms with Crippen molar-refractivity contribution in [3.05, 3.63) is 38.9 Å². The Bertz CT molecular complexity index is 382. The summed E-state index contributed by atoms with van der Waals surface area (Å²) in [6.45, 7) is 0. The van der Waals surface area contributed by atoms with Gasteiger partial charge in [-0.15, -0.1) is 0 Å². The number of rotatable bonds is 2. The first-order valence-electron chi connectivity index (χ1n) is 3.19. The van der Waals surface area contributed by atoms with E-state index in [1.807, 2.05) is 0 Å². The summed E-state index contributed by atoms with van der Waals surface area (Å²) in [5, 5.41) is 18.8. The van der Waals surface area contributed by atoms with Crippen molar-refractivity contribution in [3.63, 3.8) is 0 Å². The molecule has 1 rings (SSSR count). The molecule has 69 valence electrons. The third kappa shape index (κ3) is 3.30. The fraction of sp³-hybridized carbons (Fsp3) is 0. The van der Waals surface area contributed by atoms with Crippen LogP contribution in [0.1, 0.15) is 10.4 Å². The first-order chi connectivity index (χ1) is 6.02. The third-order valence-electron chi connectivity index (χ3n) is 1.39. The molecule has 0 saturated carbocycles. The molecule has 5 nitrogen and oxygen atoms in total. The average molecular weight is 241 g/mol. The zero-order valence-corrected chi connectivity index (χ0v) is 11.1. The van der Waals surface area contributed by atoms with Crippen LogP contribution in [0.3, 0.4) is 0 Å². The number of benzene rings is 1. The maximum Gasteiger partial charge on any atom is 0.337 e. The van der Waals surface area contributed by atoms with Gasteiger partial charge >= 0.3 is 5.97 Å². The summed E-state index contributed by atoms with van der Waals surface area (Å²) in [7, 11) is 0. The average Bonchev–Trinajstić information content (AvgIpc) is 2.04. The zero-order valence-electron chi connectivity index (χ0n) is 7.23. The Kier molecular flexibility index (Phi) is 5.80. The Morgan fingerprint density at radius 1 is 1.50 bits per heavy atom. The molecule has 0 spiro atoms. The Hall–Kier alpha value is 0.0164. The maximum atomic E-state index is 10.5. The molecule has 0 bridgehead atoms. The van der Waals surface area contributed by atoms with Gasteiger partial charge in [0.25, 0.3) is 5.69 Å². The molecule has 0 atom stereocenters. The molecule has 1 aromatic carbocycles. The number of non-ortho nitro benzene ring substituents is 1. The van der Waals surface area contributed by atoms with Crippen molar-refractivity contribution in [2.24, 2.45) is 0 Å². The molecular weight excluding hydrogens is 237 g/mol. The number of hydrogen-bond acceptors (Lipinski definition) is 3. The molecule has 0 saturated heterocycles. The van der Waals surface area contributed by atoms with Crippen molar-refractivity contribution in [3.8, 4) is 0 Å². The number of halogens is 1. The van der Waals surface area contributed by atoms with Crippen LogP contribution in [0.5, 0.6) is 0 Å². The molecule has 0 aromatic heterocycles. The van der Waals surface area contributed by atoms with Gasteiger partial charge in [0.2, 0.25) is 0 Å². The van der Waals surface area contributed by atoms with Gasteiger partial charge in [0.15, 0.2) is 0 Å². The van der Waals surface area contributed by atoms with E-state index in [0.29, 0.717) is 0 Å². The third-order valence-corrected chi connectivity index (χ3v) is 1.72. The summed E-state index contributed by atoms with van der Waals surface area (Å²) in [6.07, 6.45) is 0. The Morgan fingerprint density at radius 2 is 2.07 bits per heavy atom. The molecule has 0 aliphatic rings. The number of nitro benzene ring substituents is 1. The van der Waals surface area contributed by atoms with E-state index < -0.39 is 10.9 Å². The quantitative estimate of drug-likeness (QED) is 0.483. The van der Waals surface area contributed by atoms with Crippen LogP contribution in [-0.2, 0) is 0 Å². The van der Waals surface area contributed by atoms with Gasteiger partial charge in [0, 0.05) is 63.5 Å². The minimum absolute atomic E-state index is 0. The molecule has 0 aliphatic carbocycles. The molecule has 1 aromatic rings. The topological polar surface area (TPSA) is 80.4 Å². The van der Waals surface area contributed by atoms with Crippen LogP contribution < -0.4 is 0 Å². The molecule has 0 fully saturated rings. The van der Waals surface area contributed by atoms with Gasteiger partial charge in [-0.3, -0.25) is 10.1 Å². The van der Waals surface area contributed by atoms with Crippen molar-refractivity contribution in [2.75, 3.05) is 0 Å². The van der Waals surface area contributed by atoms with Gasteiger partial charge in [-0.25, -0.2) is 4.79 Å². The fourth-order valence-corrected chi connectivity index (χ4v) is 0.989. The standard InChI is InChI=1S/C7H4ClNO4.K/c8-6-2-1-4(9(12)13)3-5(6)7(10)11;/h1-3H,(H,10,11);. The van der Waals surface area contributed by atoms with E-state index in [2.05, 4.69) is 0 Å². The summed E-state index contributed by atoms with van der Waals surface area (Å²) in [4.78, 5) is 20.1. The van der Waals surface area contributed by atoms with E-state index in [1.54, 1.807) is 0 Å². The summed E-state index contributed by atoms with van der Waals surface area (Å²) in [5.41, 5.74) is -0.558. The largest absolute Gasteiger partial charge is 0.478 e. The van der Waals surface area contributed by atoms with E-state index in [-0.39, 0.29) is 67.7 Å². The Morgan fingerprint density at radius 3 is 2.50 bits per heavy atom. The molecule has 1 N–H and O–H groups in total. The minimum Gasteiger partial charge on any atom is -0.478 e. The van der Waals surface area contributed by atoms with Crippen LogP contribution >= 0.6 is 11.6 Å². The predicted octanol–water partition coefficient (Wildman–Crippen LogP) is 1.57. The number of hydrogen-bond donors (Lipinski definition) is 1. The Labute approximate surface area is 127 Å². The maximum absolute atomic E-state index is 10.5. The molecular formula is C7H4ClKNO4. The number of nitrogens with zero attached hydrogens (tertiary/aromatic N) is 1. The summed E-state index contributed by atoms with van der Waals surface area (Å²) < 4.78 is 0. The molecule has 14 heavy (non-hydrogen) atoms. The number of nitro groups is 1. The normalized spacial score (nSPS) is 8.93. The molecule has 1 radical (unpaired) electrons. The molecule has 0 amide bonds. The van der Waals surface area contributed by atoms with E-state index in [1.165, 1.54) is 6.07 Å². The second kappa shape index (κ2) is 5.79. The van der Waals surface area contributed by atoms with Gasteiger partial charge < -0.3 is 5.11 Å². The molecule has 0 aliphatic heterocycles. The van der Waals surface area contributed by atoms with Crippen LogP contribution in [0.4, 0.5) is 5.69 Å². The molecule has 0 heterocycles. The fourth-order valence-electron chi connectivity index (χ4n) is 0.791. The van der Waals surface area contributed by atoms with Crippen LogP contribution in [0, 0.1) is 10.1 Å². The SMILES string of the molecule is O=C(O)c1cc([N+](=O)[O-])ccc1Cl.[K]. The van der Waals surface area contributed by atoms with Crippen LogP contribution in [0.2, 0.25) is 5.02 Å². The van der Waals surface area contributed by atoms with E-state index in [9.17, 15) is 14.9 Å². The summed E-state index contributed by atoms with van der Waals surface area (Å²) in [6, 6.07) is 3.25. The van der Waals surface area contributed by atoms with Crippen molar-refractivity contribution >= 4 is 74.6 Å². The van der Waals surface area contributed by atoms with Gasteiger partial charge in [-0.2, -0.15) is 0 Å². The zero-order chi connectivity index (χ0) is 10.0. The number of aromatic carboxylic acids is 1. The monoisotopic (exact) mass is 240 g/mol. The van der Waals surface area contributed by atoms with Gasteiger partial charge in [-0.1, -0.05) is 11.6 Å². The van der Waals surface area contributed by atoms with Crippen LogP contribution in [-0.4, -0.2) is 67.4 Å². The number of carbonyl (C=O) groups is 1. The van der Waals surface area contributed by atoms with Crippen LogP contribution in [0.15, 0.2) is 18.2 Å². The van der Waals surface area contributed by atoms with Crippen molar-refractivity contribution < 1.29 is 14.8 Å². The van der Waals surface area contributed by atoms with Crippen LogP contribution in [0.25, 0.3) is 0 Å². The number of carboxylic acids is 1. The van der Waals surface area contributed by atoms with Gasteiger partial charge in [-0.05, 0) is 6.07 Å². The number of carboxylic acid groups (broad SMARTS) is 1.